The first-order chi connectivity index (χ1) is 9.54. The molecule has 20 heavy (non-hydrogen) atoms. The average molecular weight is 338 g/mol. The third-order valence-electron chi connectivity index (χ3n) is 2.91. The van der Waals surface area contributed by atoms with E-state index in [1.165, 1.54) is 0 Å². The van der Waals surface area contributed by atoms with Crippen molar-refractivity contribution in [2.24, 2.45) is 0 Å². The van der Waals surface area contributed by atoms with Crippen molar-refractivity contribution in [1.82, 2.24) is 9.80 Å². The van der Waals surface area contributed by atoms with E-state index in [0.717, 1.165) is 17.4 Å². The molecule has 0 N–H and O–H groups in total. The van der Waals surface area contributed by atoms with Gasteiger partial charge in [0, 0.05) is 23.1 Å². The molecule has 1 aromatic carbocycles. The summed E-state index contributed by atoms with van der Waals surface area (Å²) in [6.07, 6.45) is 1.27. The van der Waals surface area contributed by atoms with E-state index in [9.17, 15) is 4.79 Å². The van der Waals surface area contributed by atoms with Crippen LogP contribution in [0, 0.1) is 11.3 Å². The predicted octanol–water partition coefficient (Wildman–Crippen LogP) is 2.76. The Morgan fingerprint density at radius 1 is 1.20 bits per heavy atom. The van der Waals surface area contributed by atoms with Gasteiger partial charge in [0.2, 0.25) is 0 Å². The van der Waals surface area contributed by atoms with Crippen LogP contribution in [-0.2, 0) is 0 Å². The van der Waals surface area contributed by atoms with Gasteiger partial charge in [0.1, 0.15) is 0 Å². The summed E-state index contributed by atoms with van der Waals surface area (Å²) in [5, 5.41) is 8.72. The van der Waals surface area contributed by atoms with Crippen LogP contribution in [0.25, 0.3) is 0 Å². The SMILES string of the molecule is CN(C)CCCN(CCC#N)C(=O)c1ccc(Br)cc1. The monoisotopic (exact) mass is 337 g/mol. The predicted molar refractivity (Wildman–Crippen MR) is 83.4 cm³/mol. The largest absolute Gasteiger partial charge is 0.338 e. The van der Waals surface area contributed by atoms with E-state index in [4.69, 9.17) is 5.26 Å². The Hall–Kier alpha value is -1.38. The van der Waals surface area contributed by atoms with Gasteiger partial charge in [-0.05, 0) is 51.3 Å². The summed E-state index contributed by atoms with van der Waals surface area (Å²) >= 11 is 3.36. The quantitative estimate of drug-likeness (QED) is 0.768. The maximum absolute atomic E-state index is 12.4. The summed E-state index contributed by atoms with van der Waals surface area (Å²) in [5.41, 5.74) is 0.663. The Morgan fingerprint density at radius 2 is 1.85 bits per heavy atom. The van der Waals surface area contributed by atoms with E-state index in [1.54, 1.807) is 17.0 Å². The molecule has 0 aliphatic rings. The van der Waals surface area contributed by atoms with Crippen LogP contribution in [0.1, 0.15) is 23.2 Å². The van der Waals surface area contributed by atoms with Crippen molar-refractivity contribution in [1.29, 1.82) is 5.26 Å². The molecular formula is C15H20BrN3O. The first kappa shape index (κ1) is 16.7. The van der Waals surface area contributed by atoms with Gasteiger partial charge in [-0.25, -0.2) is 0 Å². The highest BCUT2D eigenvalue weighted by molar-refractivity contribution is 9.10. The minimum Gasteiger partial charge on any atom is -0.338 e. The number of benzene rings is 1. The number of carbonyl (C=O) groups is 1. The number of nitriles is 1. The van der Waals surface area contributed by atoms with Crippen LogP contribution in [0.5, 0.6) is 0 Å². The third-order valence-corrected chi connectivity index (χ3v) is 3.43. The summed E-state index contributed by atoms with van der Waals surface area (Å²) in [6, 6.07) is 9.42. The summed E-state index contributed by atoms with van der Waals surface area (Å²) in [6.45, 7) is 2.09. The molecule has 1 amide bonds. The summed E-state index contributed by atoms with van der Waals surface area (Å²) < 4.78 is 0.949. The lowest BCUT2D eigenvalue weighted by Crippen LogP contribution is -2.34. The molecule has 0 saturated heterocycles. The van der Waals surface area contributed by atoms with E-state index in [-0.39, 0.29) is 5.91 Å². The average Bonchev–Trinajstić information content (AvgIpc) is 2.42. The zero-order valence-corrected chi connectivity index (χ0v) is 13.6. The van der Waals surface area contributed by atoms with Gasteiger partial charge in [0.05, 0.1) is 12.5 Å². The number of amides is 1. The highest BCUT2D eigenvalue weighted by Crippen LogP contribution is 2.13. The summed E-state index contributed by atoms with van der Waals surface area (Å²) in [5.74, 6) is -0.00786. The second kappa shape index (κ2) is 8.72. The molecule has 0 radical (unpaired) electrons. The summed E-state index contributed by atoms with van der Waals surface area (Å²) in [7, 11) is 4.02. The molecule has 0 heterocycles. The molecule has 0 atom stereocenters. The van der Waals surface area contributed by atoms with Gasteiger partial charge in [-0.2, -0.15) is 5.26 Å². The van der Waals surface area contributed by atoms with Gasteiger partial charge in [-0.1, -0.05) is 15.9 Å². The van der Waals surface area contributed by atoms with Gasteiger partial charge in [-0.15, -0.1) is 0 Å². The second-order valence-corrected chi connectivity index (χ2v) is 5.78. The molecule has 1 aromatic rings. The Bertz CT molecular complexity index is 465. The number of nitrogens with zero attached hydrogens (tertiary/aromatic N) is 3. The number of rotatable bonds is 7. The van der Waals surface area contributed by atoms with Crippen LogP contribution in [0.4, 0.5) is 0 Å². The Labute approximate surface area is 129 Å². The van der Waals surface area contributed by atoms with E-state index in [0.29, 0.717) is 25.1 Å². The van der Waals surface area contributed by atoms with Crippen molar-refractivity contribution < 1.29 is 4.79 Å². The van der Waals surface area contributed by atoms with E-state index in [1.807, 2.05) is 26.2 Å². The van der Waals surface area contributed by atoms with Gasteiger partial charge < -0.3 is 9.80 Å². The van der Waals surface area contributed by atoms with Crippen LogP contribution in [0.2, 0.25) is 0 Å². The van der Waals surface area contributed by atoms with Crippen LogP contribution in [-0.4, -0.2) is 49.4 Å². The fraction of sp³-hybridized carbons (Fsp3) is 0.467. The first-order valence-electron chi connectivity index (χ1n) is 6.61. The first-order valence-corrected chi connectivity index (χ1v) is 7.40. The maximum Gasteiger partial charge on any atom is 0.253 e. The van der Waals surface area contributed by atoms with Crippen molar-refractivity contribution in [2.45, 2.75) is 12.8 Å². The minimum atomic E-state index is -0.00786. The molecular weight excluding hydrogens is 318 g/mol. The van der Waals surface area contributed by atoms with Gasteiger partial charge in [0.15, 0.2) is 0 Å². The molecule has 0 unspecified atom stereocenters. The van der Waals surface area contributed by atoms with E-state index < -0.39 is 0 Å². The molecule has 5 heteroatoms. The zero-order valence-electron chi connectivity index (χ0n) is 12.0. The topological polar surface area (TPSA) is 47.3 Å². The Balaban J connectivity index is 2.68. The zero-order chi connectivity index (χ0) is 15.0. The van der Waals surface area contributed by atoms with Gasteiger partial charge >= 0.3 is 0 Å². The lowest BCUT2D eigenvalue weighted by Gasteiger charge is -2.22. The maximum atomic E-state index is 12.4. The van der Waals surface area contributed by atoms with E-state index in [2.05, 4.69) is 26.9 Å². The molecule has 0 aliphatic heterocycles. The second-order valence-electron chi connectivity index (χ2n) is 4.86. The highest BCUT2D eigenvalue weighted by atomic mass is 79.9. The van der Waals surface area contributed by atoms with Crippen molar-refractivity contribution in [3.8, 4) is 6.07 Å². The van der Waals surface area contributed by atoms with Gasteiger partial charge in [-0.3, -0.25) is 4.79 Å². The molecule has 0 aliphatic carbocycles. The van der Waals surface area contributed by atoms with Gasteiger partial charge in [0.25, 0.3) is 5.91 Å². The van der Waals surface area contributed by atoms with Crippen LogP contribution in [0.3, 0.4) is 0 Å². The summed E-state index contributed by atoms with van der Waals surface area (Å²) in [4.78, 5) is 16.3. The standard InChI is InChI=1S/C15H20BrN3O/c1-18(2)10-4-12-19(11-3-9-17)15(20)13-5-7-14(16)8-6-13/h5-8H,3-4,10-12H2,1-2H3. The number of carbonyl (C=O) groups excluding carboxylic acids is 1. The molecule has 0 fully saturated rings. The molecule has 108 valence electrons. The molecule has 0 spiro atoms. The smallest absolute Gasteiger partial charge is 0.253 e. The number of halogens is 1. The van der Waals surface area contributed by atoms with Crippen LogP contribution >= 0.6 is 15.9 Å². The van der Waals surface area contributed by atoms with Crippen molar-refractivity contribution in [3.63, 3.8) is 0 Å². The lowest BCUT2D eigenvalue weighted by atomic mass is 10.2. The minimum absolute atomic E-state index is 0.00786. The van der Waals surface area contributed by atoms with Crippen molar-refractivity contribution in [2.75, 3.05) is 33.7 Å². The van der Waals surface area contributed by atoms with Crippen LogP contribution < -0.4 is 0 Å². The lowest BCUT2D eigenvalue weighted by molar-refractivity contribution is 0.0753. The fourth-order valence-corrected chi connectivity index (χ4v) is 2.12. The Morgan fingerprint density at radius 3 is 2.40 bits per heavy atom. The van der Waals surface area contributed by atoms with Crippen LogP contribution in [0.15, 0.2) is 28.7 Å². The third kappa shape index (κ3) is 5.72. The number of hydrogen-bond donors (Lipinski definition) is 0. The fourth-order valence-electron chi connectivity index (χ4n) is 1.85. The Kier molecular flexibility index (Phi) is 7.27. The van der Waals surface area contributed by atoms with Crippen molar-refractivity contribution >= 4 is 21.8 Å². The molecule has 4 nitrogen and oxygen atoms in total. The molecule has 0 bridgehead atoms. The van der Waals surface area contributed by atoms with E-state index >= 15 is 0 Å². The molecule has 1 rings (SSSR count). The highest BCUT2D eigenvalue weighted by Gasteiger charge is 2.15. The number of hydrogen-bond acceptors (Lipinski definition) is 3. The molecule has 0 aromatic heterocycles. The van der Waals surface area contributed by atoms with Crippen molar-refractivity contribution in [3.05, 3.63) is 34.3 Å². The molecule has 0 saturated carbocycles. The normalized spacial score (nSPS) is 10.3.